The van der Waals surface area contributed by atoms with Crippen LogP contribution < -0.4 is 5.32 Å². The van der Waals surface area contributed by atoms with Crippen LogP contribution in [0.2, 0.25) is 0 Å². The summed E-state index contributed by atoms with van der Waals surface area (Å²) in [6.45, 7) is 9.17. The van der Waals surface area contributed by atoms with Crippen molar-refractivity contribution in [1.29, 1.82) is 0 Å². The number of nitrogens with one attached hydrogen (secondary N) is 1. The van der Waals surface area contributed by atoms with Gasteiger partial charge in [-0.15, -0.1) is 0 Å². The Balaban J connectivity index is 1.64. The Labute approximate surface area is 173 Å². The summed E-state index contributed by atoms with van der Waals surface area (Å²) in [5, 5.41) is 7.67. The SMILES string of the molecule is CCc1ccc(CN(C)CC(=O)Nc2c(C)nn(-c3ccc(C)cc3)c2C)cc1. The fourth-order valence-corrected chi connectivity index (χ4v) is 3.43. The maximum atomic E-state index is 12.6. The van der Waals surface area contributed by atoms with E-state index in [4.69, 9.17) is 0 Å². The minimum absolute atomic E-state index is 0.0349. The van der Waals surface area contributed by atoms with E-state index in [9.17, 15) is 4.79 Å². The second-order valence-electron chi connectivity index (χ2n) is 7.68. The molecule has 0 saturated carbocycles. The summed E-state index contributed by atoms with van der Waals surface area (Å²) in [5.74, 6) is -0.0349. The van der Waals surface area contributed by atoms with Gasteiger partial charge in [-0.1, -0.05) is 48.9 Å². The van der Waals surface area contributed by atoms with Crippen LogP contribution in [0, 0.1) is 20.8 Å². The van der Waals surface area contributed by atoms with E-state index in [0.717, 1.165) is 35.7 Å². The number of aromatic nitrogens is 2. The van der Waals surface area contributed by atoms with Crippen LogP contribution in [-0.2, 0) is 17.8 Å². The van der Waals surface area contributed by atoms with Crippen molar-refractivity contribution >= 4 is 11.6 Å². The molecule has 0 bridgehead atoms. The van der Waals surface area contributed by atoms with Gasteiger partial charge in [-0.05, 0) is 57.5 Å². The predicted molar refractivity (Wildman–Crippen MR) is 119 cm³/mol. The zero-order chi connectivity index (χ0) is 21.0. The van der Waals surface area contributed by atoms with E-state index in [0.29, 0.717) is 6.54 Å². The van der Waals surface area contributed by atoms with Gasteiger partial charge in [0.15, 0.2) is 0 Å². The topological polar surface area (TPSA) is 50.2 Å². The van der Waals surface area contributed by atoms with Crippen LogP contribution in [0.25, 0.3) is 5.69 Å². The molecule has 0 aliphatic heterocycles. The summed E-state index contributed by atoms with van der Waals surface area (Å²) in [4.78, 5) is 14.6. The van der Waals surface area contributed by atoms with Crippen LogP contribution in [0.3, 0.4) is 0 Å². The maximum absolute atomic E-state index is 12.6. The molecule has 1 amide bonds. The summed E-state index contributed by atoms with van der Waals surface area (Å²) in [6.07, 6.45) is 1.04. The van der Waals surface area contributed by atoms with Gasteiger partial charge in [0.05, 0.1) is 29.3 Å². The number of rotatable bonds is 7. The molecule has 152 valence electrons. The van der Waals surface area contributed by atoms with Crippen LogP contribution in [0.5, 0.6) is 0 Å². The number of hydrogen-bond donors (Lipinski definition) is 1. The second kappa shape index (κ2) is 9.05. The number of anilines is 1. The monoisotopic (exact) mass is 390 g/mol. The van der Waals surface area contributed by atoms with Crippen LogP contribution in [0.4, 0.5) is 5.69 Å². The van der Waals surface area contributed by atoms with E-state index in [1.165, 1.54) is 16.7 Å². The predicted octanol–water partition coefficient (Wildman–Crippen LogP) is 4.43. The lowest BCUT2D eigenvalue weighted by Crippen LogP contribution is -2.30. The third-order valence-corrected chi connectivity index (χ3v) is 5.13. The standard InChI is InChI=1S/C24H30N4O/c1-6-20-9-11-21(12-10-20)15-27(5)16-23(29)25-24-18(3)26-28(19(24)4)22-13-7-17(2)8-14-22/h7-14H,6,15-16H2,1-5H3,(H,25,29). The lowest BCUT2D eigenvalue weighted by Gasteiger charge is -2.17. The van der Waals surface area contributed by atoms with Crippen molar-refractivity contribution in [1.82, 2.24) is 14.7 Å². The molecule has 2 aromatic carbocycles. The first-order valence-electron chi connectivity index (χ1n) is 10.1. The first-order chi connectivity index (χ1) is 13.9. The highest BCUT2D eigenvalue weighted by molar-refractivity contribution is 5.93. The molecule has 1 N–H and O–H groups in total. The average Bonchev–Trinajstić information content (AvgIpc) is 2.97. The van der Waals surface area contributed by atoms with Crippen LogP contribution >= 0.6 is 0 Å². The fourth-order valence-electron chi connectivity index (χ4n) is 3.43. The van der Waals surface area contributed by atoms with E-state index >= 15 is 0 Å². The number of carbonyl (C=O) groups excluding carboxylic acids is 1. The van der Waals surface area contributed by atoms with Gasteiger partial charge in [0.25, 0.3) is 0 Å². The van der Waals surface area contributed by atoms with Gasteiger partial charge in [-0.2, -0.15) is 5.10 Å². The Morgan fingerprint density at radius 2 is 1.62 bits per heavy atom. The molecule has 0 atom stereocenters. The molecule has 0 aliphatic rings. The van der Waals surface area contributed by atoms with E-state index in [2.05, 4.69) is 60.7 Å². The van der Waals surface area contributed by atoms with E-state index in [1.54, 1.807) is 0 Å². The summed E-state index contributed by atoms with van der Waals surface area (Å²) in [5.41, 5.74) is 7.26. The number of aryl methyl sites for hydroxylation is 3. The summed E-state index contributed by atoms with van der Waals surface area (Å²) in [6, 6.07) is 16.8. The lowest BCUT2D eigenvalue weighted by molar-refractivity contribution is -0.117. The Bertz CT molecular complexity index is 971. The molecule has 0 aliphatic carbocycles. The molecule has 0 fully saturated rings. The van der Waals surface area contributed by atoms with Gasteiger partial charge >= 0.3 is 0 Å². The Hall–Kier alpha value is -2.92. The summed E-state index contributed by atoms with van der Waals surface area (Å²) in [7, 11) is 1.96. The minimum atomic E-state index is -0.0349. The van der Waals surface area contributed by atoms with Crippen molar-refractivity contribution < 1.29 is 4.79 Å². The highest BCUT2D eigenvalue weighted by atomic mass is 16.2. The molecule has 5 nitrogen and oxygen atoms in total. The number of amides is 1. The smallest absolute Gasteiger partial charge is 0.238 e. The second-order valence-corrected chi connectivity index (χ2v) is 7.68. The van der Waals surface area contributed by atoms with Gasteiger partial charge in [-0.3, -0.25) is 9.69 Å². The molecule has 3 aromatic rings. The zero-order valence-corrected chi connectivity index (χ0v) is 18.0. The molecule has 0 spiro atoms. The Morgan fingerprint density at radius 3 is 2.24 bits per heavy atom. The van der Waals surface area contributed by atoms with Gasteiger partial charge < -0.3 is 5.32 Å². The molecule has 0 unspecified atom stereocenters. The number of likely N-dealkylation sites (N-methyl/N-ethyl adjacent to an activating group) is 1. The van der Waals surface area contributed by atoms with Crippen molar-refractivity contribution in [3.8, 4) is 5.69 Å². The lowest BCUT2D eigenvalue weighted by atomic mass is 10.1. The van der Waals surface area contributed by atoms with Gasteiger partial charge in [0.2, 0.25) is 5.91 Å². The van der Waals surface area contributed by atoms with Crippen LogP contribution in [0.15, 0.2) is 48.5 Å². The third kappa shape index (κ3) is 5.12. The molecule has 3 rings (SSSR count). The molecule has 1 aromatic heterocycles. The number of carbonyl (C=O) groups is 1. The van der Waals surface area contributed by atoms with Crippen molar-refractivity contribution in [3.63, 3.8) is 0 Å². The molecule has 0 radical (unpaired) electrons. The van der Waals surface area contributed by atoms with E-state index in [1.807, 2.05) is 42.6 Å². The molecular weight excluding hydrogens is 360 g/mol. The van der Waals surface area contributed by atoms with Gasteiger partial charge in [0, 0.05) is 6.54 Å². The minimum Gasteiger partial charge on any atom is -0.322 e. The number of hydrogen-bond acceptors (Lipinski definition) is 3. The van der Waals surface area contributed by atoms with Crippen LogP contribution in [0.1, 0.15) is 35.0 Å². The third-order valence-electron chi connectivity index (χ3n) is 5.13. The first kappa shape index (κ1) is 20.8. The molecular formula is C24H30N4O. The summed E-state index contributed by atoms with van der Waals surface area (Å²) < 4.78 is 1.88. The van der Waals surface area contributed by atoms with E-state index < -0.39 is 0 Å². The normalized spacial score (nSPS) is 11.1. The Morgan fingerprint density at radius 1 is 1.00 bits per heavy atom. The zero-order valence-electron chi connectivity index (χ0n) is 18.0. The molecule has 29 heavy (non-hydrogen) atoms. The number of benzene rings is 2. The molecule has 0 saturated heterocycles. The average molecular weight is 391 g/mol. The fraction of sp³-hybridized carbons (Fsp3) is 0.333. The van der Waals surface area contributed by atoms with Crippen molar-refractivity contribution in [3.05, 3.63) is 76.6 Å². The van der Waals surface area contributed by atoms with Crippen molar-refractivity contribution in [2.24, 2.45) is 0 Å². The summed E-state index contributed by atoms with van der Waals surface area (Å²) >= 11 is 0. The first-order valence-corrected chi connectivity index (χ1v) is 10.1. The van der Waals surface area contributed by atoms with Crippen LogP contribution in [-0.4, -0.2) is 34.2 Å². The Kier molecular flexibility index (Phi) is 6.49. The van der Waals surface area contributed by atoms with E-state index in [-0.39, 0.29) is 5.91 Å². The van der Waals surface area contributed by atoms with Crippen molar-refractivity contribution in [2.75, 3.05) is 18.9 Å². The maximum Gasteiger partial charge on any atom is 0.238 e. The van der Waals surface area contributed by atoms with Crippen molar-refractivity contribution in [2.45, 2.75) is 40.7 Å². The molecule has 1 heterocycles. The van der Waals surface area contributed by atoms with Gasteiger partial charge in [-0.25, -0.2) is 4.68 Å². The largest absolute Gasteiger partial charge is 0.322 e. The van der Waals surface area contributed by atoms with Gasteiger partial charge in [0.1, 0.15) is 0 Å². The number of nitrogens with zero attached hydrogens (tertiary/aromatic N) is 3. The molecule has 5 heteroatoms. The quantitative estimate of drug-likeness (QED) is 0.649. The highest BCUT2D eigenvalue weighted by Crippen LogP contribution is 2.23. The highest BCUT2D eigenvalue weighted by Gasteiger charge is 2.16.